The van der Waals surface area contributed by atoms with Crippen LogP contribution in [0.2, 0.25) is 5.02 Å². The van der Waals surface area contributed by atoms with Crippen LogP contribution in [0.3, 0.4) is 0 Å². The van der Waals surface area contributed by atoms with Crippen molar-refractivity contribution in [1.29, 1.82) is 0 Å². The lowest BCUT2D eigenvalue weighted by atomic mass is 10.2. The SMILES string of the molecule is O=C(COC(=O)c1ccc([N+](=O)[O-])cc1Cl)NC(=O)NC1CCCC1. The summed E-state index contributed by atoms with van der Waals surface area (Å²) in [6, 6.07) is 2.65. The number of hydrogen-bond acceptors (Lipinski definition) is 6. The first kappa shape index (κ1) is 18.7. The van der Waals surface area contributed by atoms with Gasteiger partial charge >= 0.3 is 12.0 Å². The molecule has 25 heavy (non-hydrogen) atoms. The minimum absolute atomic E-state index is 0.0502. The van der Waals surface area contributed by atoms with Gasteiger partial charge in [-0.25, -0.2) is 9.59 Å². The molecule has 0 spiro atoms. The van der Waals surface area contributed by atoms with E-state index in [9.17, 15) is 24.5 Å². The highest BCUT2D eigenvalue weighted by molar-refractivity contribution is 6.33. The molecule has 0 bridgehead atoms. The molecule has 0 saturated heterocycles. The van der Waals surface area contributed by atoms with Crippen molar-refractivity contribution in [2.45, 2.75) is 31.7 Å². The van der Waals surface area contributed by atoms with Crippen molar-refractivity contribution < 1.29 is 24.0 Å². The number of carbonyl (C=O) groups is 3. The molecular formula is C15H16ClN3O6. The molecule has 0 heterocycles. The van der Waals surface area contributed by atoms with Crippen molar-refractivity contribution in [3.8, 4) is 0 Å². The van der Waals surface area contributed by atoms with Gasteiger partial charge in [0, 0.05) is 18.2 Å². The maximum absolute atomic E-state index is 11.9. The third-order valence-electron chi connectivity index (χ3n) is 3.66. The molecule has 0 aliphatic heterocycles. The number of non-ortho nitro benzene ring substituents is 1. The van der Waals surface area contributed by atoms with E-state index in [0.29, 0.717) is 0 Å². The van der Waals surface area contributed by atoms with Crippen molar-refractivity contribution in [2.75, 3.05) is 6.61 Å². The van der Waals surface area contributed by atoms with E-state index in [1.807, 2.05) is 0 Å². The number of nitro benzene ring substituents is 1. The highest BCUT2D eigenvalue weighted by atomic mass is 35.5. The summed E-state index contributed by atoms with van der Waals surface area (Å²) in [4.78, 5) is 45.0. The molecule has 3 amide bonds. The number of carbonyl (C=O) groups excluding carboxylic acids is 3. The summed E-state index contributed by atoms with van der Waals surface area (Å²) in [5, 5.41) is 15.2. The van der Waals surface area contributed by atoms with Gasteiger partial charge in [-0.1, -0.05) is 24.4 Å². The zero-order valence-corrected chi connectivity index (χ0v) is 13.9. The van der Waals surface area contributed by atoms with Gasteiger partial charge in [0.05, 0.1) is 15.5 Å². The molecule has 0 aromatic heterocycles. The number of ether oxygens (including phenoxy) is 1. The predicted molar refractivity (Wildman–Crippen MR) is 87.3 cm³/mol. The molecule has 1 aromatic carbocycles. The van der Waals surface area contributed by atoms with Gasteiger partial charge in [0.2, 0.25) is 0 Å². The number of benzene rings is 1. The van der Waals surface area contributed by atoms with Crippen molar-refractivity contribution in [1.82, 2.24) is 10.6 Å². The zero-order valence-electron chi connectivity index (χ0n) is 13.1. The number of imide groups is 1. The molecule has 10 heteroatoms. The number of rotatable bonds is 5. The van der Waals surface area contributed by atoms with Gasteiger partial charge in [-0.3, -0.25) is 20.2 Å². The minimum atomic E-state index is -0.925. The summed E-state index contributed by atoms with van der Waals surface area (Å²) < 4.78 is 4.76. The first-order valence-electron chi connectivity index (χ1n) is 7.58. The Labute approximate surface area is 147 Å². The van der Waals surface area contributed by atoms with E-state index < -0.39 is 29.4 Å². The van der Waals surface area contributed by atoms with Gasteiger partial charge in [-0.2, -0.15) is 0 Å². The summed E-state index contributed by atoms with van der Waals surface area (Å²) in [5.41, 5.74) is -0.390. The molecular weight excluding hydrogens is 354 g/mol. The second-order valence-corrected chi connectivity index (χ2v) is 5.91. The van der Waals surface area contributed by atoms with E-state index in [1.54, 1.807) is 0 Å². The molecule has 1 aromatic rings. The smallest absolute Gasteiger partial charge is 0.340 e. The third-order valence-corrected chi connectivity index (χ3v) is 3.97. The molecule has 0 unspecified atom stereocenters. The number of nitro groups is 1. The zero-order chi connectivity index (χ0) is 18.4. The summed E-state index contributed by atoms with van der Waals surface area (Å²) in [5.74, 6) is -1.71. The van der Waals surface area contributed by atoms with Crippen LogP contribution in [0.4, 0.5) is 10.5 Å². The largest absolute Gasteiger partial charge is 0.452 e. The van der Waals surface area contributed by atoms with E-state index in [2.05, 4.69) is 10.6 Å². The van der Waals surface area contributed by atoms with Crippen LogP contribution in [0.5, 0.6) is 0 Å². The van der Waals surface area contributed by atoms with Gasteiger partial charge in [-0.15, -0.1) is 0 Å². The normalized spacial score (nSPS) is 14.0. The summed E-state index contributed by atoms with van der Waals surface area (Å²) >= 11 is 5.79. The van der Waals surface area contributed by atoms with Crippen LogP contribution in [0.25, 0.3) is 0 Å². The topological polar surface area (TPSA) is 128 Å². The second kappa shape index (κ2) is 8.43. The second-order valence-electron chi connectivity index (χ2n) is 5.50. The fourth-order valence-corrected chi connectivity index (χ4v) is 2.70. The van der Waals surface area contributed by atoms with Crippen LogP contribution < -0.4 is 10.6 Å². The predicted octanol–water partition coefficient (Wildman–Crippen LogP) is 2.17. The lowest BCUT2D eigenvalue weighted by molar-refractivity contribution is -0.384. The fourth-order valence-electron chi connectivity index (χ4n) is 2.45. The molecule has 9 nitrogen and oxygen atoms in total. The molecule has 1 aliphatic rings. The Kier molecular flexibility index (Phi) is 6.29. The van der Waals surface area contributed by atoms with Gasteiger partial charge in [0.1, 0.15) is 0 Å². The summed E-state index contributed by atoms with van der Waals surface area (Å²) in [6.45, 7) is -0.676. The Morgan fingerprint density at radius 1 is 1.28 bits per heavy atom. The Bertz CT molecular complexity index is 703. The van der Waals surface area contributed by atoms with Gasteiger partial charge in [0.15, 0.2) is 6.61 Å². The number of esters is 1. The van der Waals surface area contributed by atoms with E-state index in [0.717, 1.165) is 43.9 Å². The summed E-state index contributed by atoms with van der Waals surface area (Å²) in [7, 11) is 0. The van der Waals surface area contributed by atoms with Crippen molar-refractivity contribution in [3.05, 3.63) is 38.9 Å². The summed E-state index contributed by atoms with van der Waals surface area (Å²) in [6.07, 6.45) is 3.81. The number of amides is 3. The monoisotopic (exact) mass is 369 g/mol. The number of nitrogens with zero attached hydrogens (tertiary/aromatic N) is 1. The molecule has 1 saturated carbocycles. The minimum Gasteiger partial charge on any atom is -0.452 e. The van der Waals surface area contributed by atoms with Crippen molar-refractivity contribution in [2.24, 2.45) is 0 Å². The highest BCUT2D eigenvalue weighted by Crippen LogP contribution is 2.23. The number of nitrogens with one attached hydrogen (secondary N) is 2. The van der Waals surface area contributed by atoms with Crippen LogP contribution >= 0.6 is 11.6 Å². The van der Waals surface area contributed by atoms with Crippen LogP contribution in [-0.2, 0) is 9.53 Å². The number of urea groups is 1. The van der Waals surface area contributed by atoms with Crippen molar-refractivity contribution >= 4 is 35.2 Å². The van der Waals surface area contributed by atoms with Crippen LogP contribution in [0, 0.1) is 10.1 Å². The van der Waals surface area contributed by atoms with Crippen LogP contribution in [0.1, 0.15) is 36.0 Å². The van der Waals surface area contributed by atoms with Crippen LogP contribution in [-0.4, -0.2) is 35.5 Å². The van der Waals surface area contributed by atoms with E-state index >= 15 is 0 Å². The van der Waals surface area contributed by atoms with E-state index in [-0.39, 0.29) is 22.3 Å². The Morgan fingerprint density at radius 3 is 2.56 bits per heavy atom. The standard InChI is InChI=1S/C15H16ClN3O6/c16-12-7-10(19(23)24)5-6-11(12)14(21)25-8-13(20)18-15(22)17-9-3-1-2-4-9/h5-7,9H,1-4,8H2,(H2,17,18,20,22). The molecule has 2 rings (SSSR count). The van der Waals surface area contributed by atoms with Gasteiger partial charge < -0.3 is 10.1 Å². The quantitative estimate of drug-likeness (QED) is 0.465. The maximum Gasteiger partial charge on any atom is 0.340 e. The molecule has 0 radical (unpaired) electrons. The van der Waals surface area contributed by atoms with Gasteiger partial charge in [-0.05, 0) is 18.9 Å². The highest BCUT2D eigenvalue weighted by Gasteiger charge is 2.20. The molecule has 1 fully saturated rings. The average molecular weight is 370 g/mol. The molecule has 2 N–H and O–H groups in total. The number of halogens is 1. The first-order valence-corrected chi connectivity index (χ1v) is 7.96. The lowest BCUT2D eigenvalue weighted by Gasteiger charge is -2.12. The van der Waals surface area contributed by atoms with Gasteiger partial charge in [0.25, 0.3) is 11.6 Å². The van der Waals surface area contributed by atoms with Crippen LogP contribution in [0.15, 0.2) is 18.2 Å². The first-order chi connectivity index (χ1) is 11.9. The number of hydrogen-bond donors (Lipinski definition) is 2. The Balaban J connectivity index is 1.81. The lowest BCUT2D eigenvalue weighted by Crippen LogP contribution is -2.45. The van der Waals surface area contributed by atoms with E-state index in [1.165, 1.54) is 0 Å². The Hall–Kier alpha value is -2.68. The van der Waals surface area contributed by atoms with E-state index in [4.69, 9.17) is 16.3 Å². The van der Waals surface area contributed by atoms with Crippen molar-refractivity contribution in [3.63, 3.8) is 0 Å². The molecule has 134 valence electrons. The molecule has 1 aliphatic carbocycles. The average Bonchev–Trinajstić information content (AvgIpc) is 3.05. The molecule has 0 atom stereocenters. The third kappa shape index (κ3) is 5.42. The maximum atomic E-state index is 11.9. The Morgan fingerprint density at radius 2 is 1.96 bits per heavy atom. The fraction of sp³-hybridized carbons (Fsp3) is 0.400.